The van der Waals surface area contributed by atoms with Crippen LogP contribution in [-0.2, 0) is 6.42 Å². The second-order valence-corrected chi connectivity index (χ2v) is 7.45. The lowest BCUT2D eigenvalue weighted by Crippen LogP contribution is -2.30. The molecule has 0 aliphatic heterocycles. The summed E-state index contributed by atoms with van der Waals surface area (Å²) >= 11 is 1.85. The monoisotopic (exact) mass is 290 g/mol. The molecule has 0 aliphatic rings. The van der Waals surface area contributed by atoms with Gasteiger partial charge >= 0.3 is 0 Å². The molecule has 2 aromatic rings. The summed E-state index contributed by atoms with van der Waals surface area (Å²) in [6, 6.07) is 8.99. The molecule has 1 N–H and O–H groups in total. The van der Waals surface area contributed by atoms with Crippen molar-refractivity contribution in [2.75, 3.05) is 6.54 Å². The largest absolute Gasteiger partial charge is 0.314 e. The zero-order valence-corrected chi connectivity index (χ0v) is 13.8. The molecule has 0 bridgehead atoms. The van der Waals surface area contributed by atoms with Crippen molar-refractivity contribution in [1.82, 2.24) is 10.3 Å². The van der Waals surface area contributed by atoms with Gasteiger partial charge in [-0.1, -0.05) is 39.8 Å². The highest BCUT2D eigenvalue weighted by Crippen LogP contribution is 2.25. The van der Waals surface area contributed by atoms with Crippen molar-refractivity contribution < 1.29 is 0 Å². The molecule has 0 fully saturated rings. The van der Waals surface area contributed by atoms with E-state index in [9.17, 15) is 0 Å². The number of hydrogen-bond donors (Lipinski definition) is 1. The lowest BCUT2D eigenvalue weighted by Gasteiger charge is -2.20. The molecule has 2 rings (SSSR count). The summed E-state index contributed by atoms with van der Waals surface area (Å²) in [7, 11) is 0. The van der Waals surface area contributed by atoms with Crippen LogP contribution >= 0.6 is 11.3 Å². The van der Waals surface area contributed by atoms with E-state index in [4.69, 9.17) is 4.98 Å². The van der Waals surface area contributed by atoms with Crippen LogP contribution in [0.2, 0.25) is 0 Å². The summed E-state index contributed by atoms with van der Waals surface area (Å²) in [6.45, 7) is 10.1. The molecule has 1 aromatic heterocycles. The fourth-order valence-corrected chi connectivity index (χ4v) is 3.64. The number of aromatic nitrogens is 1. The van der Waals surface area contributed by atoms with E-state index in [1.54, 1.807) is 0 Å². The molecule has 0 aliphatic carbocycles. The number of hydrogen-bond acceptors (Lipinski definition) is 3. The van der Waals surface area contributed by atoms with Crippen molar-refractivity contribution in [2.24, 2.45) is 11.8 Å². The van der Waals surface area contributed by atoms with Gasteiger partial charge in [-0.05, 0) is 36.9 Å². The van der Waals surface area contributed by atoms with Crippen molar-refractivity contribution in [3.05, 3.63) is 29.3 Å². The van der Waals surface area contributed by atoms with Gasteiger partial charge in [-0.2, -0.15) is 0 Å². The van der Waals surface area contributed by atoms with Crippen molar-refractivity contribution >= 4 is 21.6 Å². The number of nitrogens with zero attached hydrogens (tertiary/aromatic N) is 1. The molecule has 0 amide bonds. The Balaban J connectivity index is 2.05. The molecule has 0 spiro atoms. The topological polar surface area (TPSA) is 24.9 Å². The first-order valence-corrected chi connectivity index (χ1v) is 8.44. The fourth-order valence-electron chi connectivity index (χ4n) is 2.56. The van der Waals surface area contributed by atoms with Gasteiger partial charge in [0.2, 0.25) is 0 Å². The van der Waals surface area contributed by atoms with E-state index in [-0.39, 0.29) is 0 Å². The second kappa shape index (κ2) is 7.19. The predicted molar refractivity (Wildman–Crippen MR) is 89.4 cm³/mol. The van der Waals surface area contributed by atoms with E-state index in [1.165, 1.54) is 16.1 Å². The summed E-state index contributed by atoms with van der Waals surface area (Å²) < 4.78 is 1.31. The van der Waals surface area contributed by atoms with Gasteiger partial charge < -0.3 is 5.32 Å². The number of thiazole rings is 1. The Morgan fingerprint density at radius 3 is 2.55 bits per heavy atom. The standard InChI is InChI=1S/C17H26N2S/c1-12(2)9-14(11-18-13(3)4)10-17-19-15-7-5-6-8-16(15)20-17/h5-8,12-14,18H,9-11H2,1-4H3. The quantitative estimate of drug-likeness (QED) is 0.812. The third-order valence-corrected chi connectivity index (χ3v) is 4.48. The molecule has 2 nitrogen and oxygen atoms in total. The van der Waals surface area contributed by atoms with E-state index in [0.717, 1.165) is 24.4 Å². The SMILES string of the molecule is CC(C)CC(CNC(C)C)Cc1nc2ccccc2s1. The molecule has 0 radical (unpaired) electrons. The third kappa shape index (κ3) is 4.57. The number of rotatable bonds is 7. The van der Waals surface area contributed by atoms with Gasteiger partial charge in [-0.25, -0.2) is 4.98 Å². The molecule has 1 unspecified atom stereocenters. The minimum Gasteiger partial charge on any atom is -0.314 e. The van der Waals surface area contributed by atoms with Crippen LogP contribution in [0.3, 0.4) is 0 Å². The van der Waals surface area contributed by atoms with Gasteiger partial charge in [-0.15, -0.1) is 11.3 Å². The number of fused-ring (bicyclic) bond motifs is 1. The minimum atomic E-state index is 0.556. The normalized spacial score (nSPS) is 13.5. The van der Waals surface area contributed by atoms with Crippen LogP contribution in [0.5, 0.6) is 0 Å². The van der Waals surface area contributed by atoms with E-state index >= 15 is 0 Å². The Labute approximate surface area is 126 Å². The third-order valence-electron chi connectivity index (χ3n) is 3.42. The first-order chi connectivity index (χ1) is 9.54. The fraction of sp³-hybridized carbons (Fsp3) is 0.588. The number of nitrogens with one attached hydrogen (secondary N) is 1. The summed E-state index contributed by atoms with van der Waals surface area (Å²) in [6.07, 6.45) is 2.35. The van der Waals surface area contributed by atoms with Crippen molar-refractivity contribution in [3.8, 4) is 0 Å². The Kier molecular flexibility index (Phi) is 5.55. The predicted octanol–water partition coefficient (Wildman–Crippen LogP) is 4.50. The zero-order valence-electron chi connectivity index (χ0n) is 13.0. The van der Waals surface area contributed by atoms with Gasteiger partial charge in [-0.3, -0.25) is 0 Å². The summed E-state index contributed by atoms with van der Waals surface area (Å²) in [5.74, 6) is 1.42. The molecule has 1 atom stereocenters. The van der Waals surface area contributed by atoms with Crippen molar-refractivity contribution in [1.29, 1.82) is 0 Å². The Bertz CT molecular complexity index is 498. The van der Waals surface area contributed by atoms with Crippen LogP contribution in [0.25, 0.3) is 10.2 Å². The highest BCUT2D eigenvalue weighted by Gasteiger charge is 2.15. The van der Waals surface area contributed by atoms with Crippen molar-refractivity contribution in [3.63, 3.8) is 0 Å². The van der Waals surface area contributed by atoms with Crippen LogP contribution in [0, 0.1) is 11.8 Å². The average molecular weight is 290 g/mol. The second-order valence-electron chi connectivity index (χ2n) is 6.34. The molecule has 1 heterocycles. The van der Waals surface area contributed by atoms with E-state index in [2.05, 4.69) is 57.3 Å². The Hall–Kier alpha value is -0.930. The smallest absolute Gasteiger partial charge is 0.0941 e. The van der Waals surface area contributed by atoms with Crippen LogP contribution in [0.1, 0.15) is 39.1 Å². The molecule has 20 heavy (non-hydrogen) atoms. The lowest BCUT2D eigenvalue weighted by atomic mass is 9.94. The van der Waals surface area contributed by atoms with Crippen LogP contribution in [0.4, 0.5) is 0 Å². The van der Waals surface area contributed by atoms with E-state index in [0.29, 0.717) is 12.0 Å². The van der Waals surface area contributed by atoms with Crippen LogP contribution < -0.4 is 5.32 Å². The summed E-state index contributed by atoms with van der Waals surface area (Å²) in [5, 5.41) is 4.86. The maximum atomic E-state index is 4.78. The summed E-state index contributed by atoms with van der Waals surface area (Å²) in [5.41, 5.74) is 1.15. The number of benzene rings is 1. The highest BCUT2D eigenvalue weighted by atomic mass is 32.1. The lowest BCUT2D eigenvalue weighted by molar-refractivity contribution is 0.373. The van der Waals surface area contributed by atoms with Gasteiger partial charge in [0, 0.05) is 12.5 Å². The molecule has 0 saturated heterocycles. The first-order valence-electron chi connectivity index (χ1n) is 7.62. The molecular weight excluding hydrogens is 264 g/mol. The molecule has 0 saturated carbocycles. The Morgan fingerprint density at radius 2 is 1.90 bits per heavy atom. The number of para-hydroxylation sites is 1. The van der Waals surface area contributed by atoms with Crippen molar-refractivity contribution in [2.45, 2.75) is 46.6 Å². The van der Waals surface area contributed by atoms with Crippen LogP contribution in [-0.4, -0.2) is 17.6 Å². The summed E-state index contributed by atoms with van der Waals surface area (Å²) in [4.78, 5) is 4.78. The van der Waals surface area contributed by atoms with Crippen LogP contribution in [0.15, 0.2) is 24.3 Å². The highest BCUT2D eigenvalue weighted by molar-refractivity contribution is 7.18. The molecule has 110 valence electrons. The minimum absolute atomic E-state index is 0.556. The van der Waals surface area contributed by atoms with Gasteiger partial charge in [0.25, 0.3) is 0 Å². The average Bonchev–Trinajstić information content (AvgIpc) is 2.77. The Morgan fingerprint density at radius 1 is 1.15 bits per heavy atom. The molecule has 3 heteroatoms. The molecular formula is C17H26N2S. The first kappa shape index (κ1) is 15.5. The van der Waals surface area contributed by atoms with Gasteiger partial charge in [0.05, 0.1) is 15.2 Å². The van der Waals surface area contributed by atoms with Gasteiger partial charge in [0.15, 0.2) is 0 Å². The van der Waals surface area contributed by atoms with Gasteiger partial charge in [0.1, 0.15) is 0 Å². The van der Waals surface area contributed by atoms with E-state index in [1.807, 2.05) is 11.3 Å². The molecule has 1 aromatic carbocycles. The maximum absolute atomic E-state index is 4.78. The maximum Gasteiger partial charge on any atom is 0.0941 e. The zero-order chi connectivity index (χ0) is 14.5. The van der Waals surface area contributed by atoms with E-state index < -0.39 is 0 Å².